The third-order valence-corrected chi connectivity index (χ3v) is 3.70. The molecule has 1 heterocycles. The fourth-order valence-corrected chi connectivity index (χ4v) is 2.61. The minimum absolute atomic E-state index is 0.0160. The molecule has 114 valence electrons. The quantitative estimate of drug-likeness (QED) is 0.921. The number of anilines is 1. The highest BCUT2D eigenvalue weighted by Gasteiger charge is 2.27. The number of carbonyl (C=O) groups is 1. The van der Waals surface area contributed by atoms with Crippen molar-refractivity contribution in [1.29, 1.82) is 0 Å². The summed E-state index contributed by atoms with van der Waals surface area (Å²) in [6, 6.07) is 15.7. The van der Waals surface area contributed by atoms with Gasteiger partial charge in [0, 0.05) is 6.54 Å². The fourth-order valence-electron chi connectivity index (χ4n) is 2.61. The summed E-state index contributed by atoms with van der Waals surface area (Å²) in [7, 11) is 0. The number of nitrogens with one attached hydrogen (secondary N) is 1. The SMILES string of the molecule is Cc1ccc2c(c1)N(C(=O)NCc1ccccc1)C[C@@H](C)O2. The number of aryl methyl sites for hydroxylation is 1. The van der Waals surface area contributed by atoms with E-state index in [4.69, 9.17) is 4.74 Å². The summed E-state index contributed by atoms with van der Waals surface area (Å²) in [5.74, 6) is 0.763. The third-order valence-electron chi connectivity index (χ3n) is 3.70. The van der Waals surface area contributed by atoms with E-state index in [0.29, 0.717) is 13.1 Å². The average Bonchev–Trinajstić information content (AvgIpc) is 2.53. The van der Waals surface area contributed by atoms with E-state index in [1.54, 1.807) is 4.90 Å². The van der Waals surface area contributed by atoms with E-state index in [2.05, 4.69) is 5.32 Å². The van der Waals surface area contributed by atoms with E-state index in [9.17, 15) is 4.79 Å². The van der Waals surface area contributed by atoms with Crippen LogP contribution < -0.4 is 15.0 Å². The first kappa shape index (κ1) is 14.4. The number of fused-ring (bicyclic) bond motifs is 1. The second-order valence-corrected chi connectivity index (χ2v) is 5.65. The van der Waals surface area contributed by atoms with E-state index < -0.39 is 0 Å². The zero-order valence-corrected chi connectivity index (χ0v) is 12.9. The summed E-state index contributed by atoms with van der Waals surface area (Å²) in [6.45, 7) is 5.06. The molecule has 0 radical (unpaired) electrons. The number of amides is 2. The van der Waals surface area contributed by atoms with Gasteiger partial charge >= 0.3 is 6.03 Å². The number of urea groups is 1. The molecule has 2 aromatic carbocycles. The van der Waals surface area contributed by atoms with Crippen molar-refractivity contribution in [3.63, 3.8) is 0 Å². The highest BCUT2D eigenvalue weighted by molar-refractivity contribution is 5.94. The van der Waals surface area contributed by atoms with Crippen LogP contribution in [0.1, 0.15) is 18.1 Å². The van der Waals surface area contributed by atoms with Gasteiger partial charge in [0.1, 0.15) is 11.9 Å². The van der Waals surface area contributed by atoms with Gasteiger partial charge in [-0.05, 0) is 37.1 Å². The second-order valence-electron chi connectivity index (χ2n) is 5.65. The van der Waals surface area contributed by atoms with Crippen LogP contribution in [-0.2, 0) is 6.54 Å². The van der Waals surface area contributed by atoms with Crippen LogP contribution in [0.5, 0.6) is 5.75 Å². The number of rotatable bonds is 2. The summed E-state index contributed by atoms with van der Waals surface area (Å²) < 4.78 is 5.81. The summed E-state index contributed by atoms with van der Waals surface area (Å²) in [5, 5.41) is 2.98. The monoisotopic (exact) mass is 296 g/mol. The Labute approximate surface area is 130 Å². The fraction of sp³-hybridized carbons (Fsp3) is 0.278. The molecule has 0 spiro atoms. The maximum atomic E-state index is 12.6. The van der Waals surface area contributed by atoms with E-state index in [1.807, 2.05) is 62.4 Å². The maximum Gasteiger partial charge on any atom is 0.322 e. The largest absolute Gasteiger partial charge is 0.487 e. The van der Waals surface area contributed by atoms with Crippen molar-refractivity contribution in [1.82, 2.24) is 5.32 Å². The molecule has 0 aliphatic carbocycles. The van der Waals surface area contributed by atoms with Crippen molar-refractivity contribution in [3.8, 4) is 5.75 Å². The molecular formula is C18H20N2O2. The Kier molecular flexibility index (Phi) is 4.00. The average molecular weight is 296 g/mol. The smallest absolute Gasteiger partial charge is 0.322 e. The lowest BCUT2D eigenvalue weighted by Crippen LogP contribution is -2.47. The number of hydrogen-bond donors (Lipinski definition) is 1. The van der Waals surface area contributed by atoms with Crippen LogP contribution >= 0.6 is 0 Å². The molecule has 1 aliphatic heterocycles. The Bertz CT molecular complexity index is 670. The standard InChI is InChI=1S/C18H20N2O2/c1-13-8-9-17-16(10-13)20(12-14(2)22-17)18(21)19-11-15-6-4-3-5-7-15/h3-10,14H,11-12H2,1-2H3,(H,19,21)/t14-/m1/s1. The lowest BCUT2D eigenvalue weighted by Gasteiger charge is -2.33. The van der Waals surface area contributed by atoms with Crippen molar-refractivity contribution in [2.75, 3.05) is 11.4 Å². The Balaban J connectivity index is 1.76. The van der Waals surface area contributed by atoms with E-state index in [0.717, 1.165) is 22.6 Å². The molecule has 2 aromatic rings. The van der Waals surface area contributed by atoms with E-state index >= 15 is 0 Å². The summed E-state index contributed by atoms with van der Waals surface area (Å²) in [6.07, 6.45) is -0.0160. The van der Waals surface area contributed by atoms with Gasteiger partial charge < -0.3 is 10.1 Å². The van der Waals surface area contributed by atoms with Gasteiger partial charge in [-0.2, -0.15) is 0 Å². The molecule has 0 saturated carbocycles. The van der Waals surface area contributed by atoms with Crippen LogP contribution in [-0.4, -0.2) is 18.7 Å². The Morgan fingerprint density at radius 2 is 2.05 bits per heavy atom. The van der Waals surface area contributed by atoms with Crippen LogP contribution in [0.4, 0.5) is 10.5 Å². The maximum absolute atomic E-state index is 12.6. The number of carbonyl (C=O) groups excluding carboxylic acids is 1. The lowest BCUT2D eigenvalue weighted by molar-refractivity contribution is 0.205. The molecular weight excluding hydrogens is 276 g/mol. The second kappa shape index (κ2) is 6.10. The van der Waals surface area contributed by atoms with Crippen molar-refractivity contribution in [2.24, 2.45) is 0 Å². The van der Waals surface area contributed by atoms with Gasteiger partial charge in [-0.1, -0.05) is 36.4 Å². The molecule has 0 bridgehead atoms. The van der Waals surface area contributed by atoms with Gasteiger partial charge in [-0.3, -0.25) is 4.90 Å². The molecule has 1 aliphatic rings. The van der Waals surface area contributed by atoms with E-state index in [1.165, 1.54) is 0 Å². The van der Waals surface area contributed by atoms with Gasteiger partial charge in [0.25, 0.3) is 0 Å². The van der Waals surface area contributed by atoms with Crippen molar-refractivity contribution in [3.05, 3.63) is 59.7 Å². The molecule has 1 atom stereocenters. The molecule has 4 heteroatoms. The highest BCUT2D eigenvalue weighted by atomic mass is 16.5. The van der Waals surface area contributed by atoms with Crippen molar-refractivity contribution < 1.29 is 9.53 Å². The molecule has 0 fully saturated rings. The van der Waals surface area contributed by atoms with E-state index in [-0.39, 0.29) is 12.1 Å². The van der Waals surface area contributed by atoms with Crippen molar-refractivity contribution in [2.45, 2.75) is 26.5 Å². The predicted octanol–water partition coefficient (Wildman–Crippen LogP) is 3.49. The first-order valence-electron chi connectivity index (χ1n) is 7.50. The predicted molar refractivity (Wildman–Crippen MR) is 87.3 cm³/mol. The Morgan fingerprint density at radius 1 is 1.27 bits per heavy atom. The molecule has 3 rings (SSSR count). The van der Waals surface area contributed by atoms with Crippen molar-refractivity contribution >= 4 is 11.7 Å². The van der Waals surface area contributed by atoms with Gasteiger partial charge in [0.2, 0.25) is 0 Å². The van der Waals surface area contributed by atoms with Crippen LogP contribution in [0.3, 0.4) is 0 Å². The van der Waals surface area contributed by atoms with Gasteiger partial charge in [-0.15, -0.1) is 0 Å². The van der Waals surface area contributed by atoms with Crippen LogP contribution in [0.2, 0.25) is 0 Å². The molecule has 0 aromatic heterocycles. The molecule has 0 saturated heterocycles. The Hall–Kier alpha value is -2.49. The third kappa shape index (κ3) is 3.06. The first-order valence-corrected chi connectivity index (χ1v) is 7.50. The lowest BCUT2D eigenvalue weighted by atomic mass is 10.1. The van der Waals surface area contributed by atoms with Gasteiger partial charge in [0.15, 0.2) is 0 Å². The summed E-state index contributed by atoms with van der Waals surface area (Å²) in [5.41, 5.74) is 3.03. The van der Waals surface area contributed by atoms with Crippen LogP contribution in [0.25, 0.3) is 0 Å². The van der Waals surface area contributed by atoms with Gasteiger partial charge in [-0.25, -0.2) is 4.79 Å². The zero-order valence-electron chi connectivity index (χ0n) is 12.9. The number of ether oxygens (including phenoxy) is 1. The minimum Gasteiger partial charge on any atom is -0.487 e. The number of nitrogens with zero attached hydrogens (tertiary/aromatic N) is 1. The summed E-state index contributed by atoms with van der Waals surface area (Å²) >= 11 is 0. The molecule has 1 N–H and O–H groups in total. The normalized spacial score (nSPS) is 16.6. The van der Waals surface area contributed by atoms with Gasteiger partial charge in [0.05, 0.1) is 12.2 Å². The highest BCUT2D eigenvalue weighted by Crippen LogP contribution is 2.34. The topological polar surface area (TPSA) is 41.6 Å². The molecule has 22 heavy (non-hydrogen) atoms. The first-order chi connectivity index (χ1) is 10.6. The minimum atomic E-state index is -0.0918. The molecule has 0 unspecified atom stereocenters. The van der Waals surface area contributed by atoms with Crippen LogP contribution in [0.15, 0.2) is 48.5 Å². The Morgan fingerprint density at radius 3 is 2.82 bits per heavy atom. The zero-order chi connectivity index (χ0) is 15.5. The molecule has 2 amide bonds. The summed E-state index contributed by atoms with van der Waals surface area (Å²) in [4.78, 5) is 14.3. The molecule has 4 nitrogen and oxygen atoms in total. The van der Waals surface area contributed by atoms with Crippen LogP contribution in [0, 0.1) is 6.92 Å². The number of benzene rings is 2. The number of hydrogen-bond acceptors (Lipinski definition) is 2.